The summed E-state index contributed by atoms with van der Waals surface area (Å²) in [5, 5.41) is 53.3. The Hall–Kier alpha value is -11.8. The summed E-state index contributed by atoms with van der Waals surface area (Å²) in [4.78, 5) is 63.7. The highest BCUT2D eigenvalue weighted by atomic mass is 16.5. The van der Waals surface area contributed by atoms with Crippen LogP contribution in [0.5, 0.6) is 0 Å². The number of para-hydroxylation sites is 4. The molecule has 0 saturated heterocycles. The lowest BCUT2D eigenvalue weighted by Crippen LogP contribution is -2.33. The number of benzene rings is 2. The zero-order valence-corrected chi connectivity index (χ0v) is 79.5. The molecule has 35 nitrogen and oxygen atoms in total. The van der Waals surface area contributed by atoms with Crippen molar-refractivity contribution in [1.82, 2.24) is 97.2 Å². The van der Waals surface area contributed by atoms with Gasteiger partial charge in [-0.3, -0.25) is 44.9 Å². The molecule has 0 fully saturated rings. The number of rotatable bonds is 58. The van der Waals surface area contributed by atoms with Crippen LogP contribution in [-0.2, 0) is 84.5 Å². The number of hydrogen-bond donors (Lipinski definition) is 20. The third-order valence-corrected chi connectivity index (χ3v) is 19.0. The average Bonchev–Trinajstić information content (AvgIpc) is 0.879. The first-order chi connectivity index (χ1) is 66.1. The van der Waals surface area contributed by atoms with Gasteiger partial charge in [0.05, 0.1) is 93.8 Å². The standard InChI is InChI=1S/C18H18N4.2C14H18N4.C13H24N4.C11H20N4.C11H13NO6.C10H18N4.C9H24N4/c1-3-10-20-15(6-1)12-16-8-5-9-18(22-16)14-19-13-17-7-2-4-11-21-17;15-8-10-17-13-6-1-2-7-14(13)18-11-12-5-3-4-9-16-12;15-13-6-1-2-7-14(13)18-10-9-16-11-12-5-3-4-8-17-12;1-16(2)10-11-17(3)9-8-14-12-13-6-4-5-7-15-13;12-5-3-6-13-8-9-14-10-11-4-1-2-7-15-11;13-10(14)6-17-4-8-2-1-3-9(12-8)5-18-7-11(15)16;11-4-6-12-7-8-13-9-10-3-1-2-5-14-10;10-4-2-1-3-5-13-8-9(6-11)7-12/h1-11,19H,12-14H2;1-7,9,17-18H,8,10-11,15H2;1-8,16,18H,9-11,15H2;4-7,14H,8-12H2,1-3H3;1-2,4,7,13-14H,3,5-6,8-10,12H2;1-3H,4-7H2,(H,13,14)(H,15,16);1-3,5,12-13H,4,6-9,11H2;9,13H,1-8,10-12H2. The molecule has 0 saturated carbocycles. The first kappa shape index (κ1) is 116. The number of likely N-dealkylation sites (N-methyl/N-ethyl adjacent to an activating group) is 2. The predicted molar refractivity (Wildman–Crippen MR) is 545 cm³/mol. The quantitative estimate of drug-likeness (QED) is 0.0139. The van der Waals surface area contributed by atoms with E-state index in [4.69, 9.17) is 59.8 Å². The van der Waals surface area contributed by atoms with E-state index in [1.165, 1.54) is 12.8 Å². The number of aromatic nitrogens is 9. The Morgan fingerprint density at radius 1 is 0.319 bits per heavy atom. The van der Waals surface area contributed by atoms with Crippen LogP contribution in [0.3, 0.4) is 0 Å². The van der Waals surface area contributed by atoms with Gasteiger partial charge in [-0.2, -0.15) is 0 Å². The molecule has 135 heavy (non-hydrogen) atoms. The van der Waals surface area contributed by atoms with E-state index in [-0.39, 0.29) is 26.4 Å². The number of nitrogens with one attached hydrogen (secondary N) is 11. The molecule has 0 spiro atoms. The average molecular weight is 1860 g/mol. The molecule has 0 aliphatic heterocycles. The van der Waals surface area contributed by atoms with E-state index in [1.54, 1.807) is 30.6 Å². The van der Waals surface area contributed by atoms with Gasteiger partial charge < -0.3 is 128 Å². The number of hydrogen-bond acceptors (Lipinski definition) is 33. The van der Waals surface area contributed by atoms with Crippen molar-refractivity contribution >= 4 is 34.7 Å². The second-order valence-corrected chi connectivity index (χ2v) is 30.8. The van der Waals surface area contributed by atoms with E-state index < -0.39 is 11.9 Å². The van der Waals surface area contributed by atoms with E-state index in [2.05, 4.69) is 134 Å². The second-order valence-electron chi connectivity index (χ2n) is 30.8. The van der Waals surface area contributed by atoms with Crippen LogP contribution >= 0.6 is 0 Å². The molecule has 0 aliphatic carbocycles. The molecule has 11 aromatic rings. The van der Waals surface area contributed by atoms with E-state index in [0.29, 0.717) is 50.0 Å². The Morgan fingerprint density at radius 2 is 0.689 bits per heavy atom. The summed E-state index contributed by atoms with van der Waals surface area (Å²) >= 11 is 0. The molecule has 9 heterocycles. The number of nitrogen functional groups attached to an aromatic ring is 1. The van der Waals surface area contributed by atoms with Crippen LogP contribution in [0.15, 0.2) is 256 Å². The van der Waals surface area contributed by atoms with Gasteiger partial charge in [0, 0.05) is 199 Å². The minimum Gasteiger partial charge on any atom is -0.480 e. The van der Waals surface area contributed by atoms with Crippen LogP contribution in [0, 0.1) is 5.92 Å². The molecular formula is C100H153N29O6. The van der Waals surface area contributed by atoms with Crippen molar-refractivity contribution in [3.05, 3.63) is 318 Å². The lowest BCUT2D eigenvalue weighted by Gasteiger charge is -2.19. The monoisotopic (exact) mass is 1860 g/mol. The zero-order chi connectivity index (χ0) is 97.0. The van der Waals surface area contributed by atoms with Crippen molar-refractivity contribution in [3.63, 3.8) is 0 Å². The Kier molecular flexibility index (Phi) is 69.0. The molecule has 0 unspecified atom stereocenters. The summed E-state index contributed by atoms with van der Waals surface area (Å²) in [5.74, 6) is -1.67. The molecule has 0 aliphatic rings. The van der Waals surface area contributed by atoms with Crippen LogP contribution in [0.1, 0.15) is 88.3 Å². The molecule has 734 valence electrons. The van der Waals surface area contributed by atoms with Crippen molar-refractivity contribution in [1.29, 1.82) is 0 Å². The van der Waals surface area contributed by atoms with Crippen LogP contribution in [-0.4, -0.2) is 249 Å². The molecule has 27 N–H and O–H groups in total. The Labute approximate surface area is 800 Å². The largest absolute Gasteiger partial charge is 0.480 e. The zero-order valence-electron chi connectivity index (χ0n) is 79.5. The number of anilines is 4. The van der Waals surface area contributed by atoms with E-state index in [1.807, 2.05) is 225 Å². The number of unbranched alkanes of at least 4 members (excludes halogenated alkanes) is 2. The second kappa shape index (κ2) is 80.6. The lowest BCUT2D eigenvalue weighted by molar-refractivity contribution is -0.143. The van der Waals surface area contributed by atoms with Crippen molar-refractivity contribution in [2.45, 2.75) is 91.1 Å². The third-order valence-electron chi connectivity index (χ3n) is 19.0. The summed E-state index contributed by atoms with van der Waals surface area (Å²) in [6, 6.07) is 68.7. The van der Waals surface area contributed by atoms with Gasteiger partial charge in [-0.25, -0.2) is 9.59 Å². The van der Waals surface area contributed by atoms with Crippen molar-refractivity contribution in [3.8, 4) is 0 Å². The summed E-state index contributed by atoms with van der Waals surface area (Å²) in [6.45, 7) is 23.5. The highest BCUT2D eigenvalue weighted by molar-refractivity contribution is 5.69. The molecule has 35 heteroatoms. The Balaban J connectivity index is 0.000000324. The molecule has 9 aromatic heterocycles. The van der Waals surface area contributed by atoms with Gasteiger partial charge in [0.15, 0.2) is 0 Å². The lowest BCUT2D eigenvalue weighted by atomic mass is 10.1. The number of aliphatic carboxylic acids is 2. The fraction of sp³-hybridized carbons (Fsp3) is 0.410. The first-order valence-electron chi connectivity index (χ1n) is 46.3. The summed E-state index contributed by atoms with van der Waals surface area (Å²) in [7, 11) is 6.37. The predicted octanol–water partition coefficient (Wildman–Crippen LogP) is 6.70. The van der Waals surface area contributed by atoms with Crippen LogP contribution in [0.4, 0.5) is 22.7 Å². The van der Waals surface area contributed by atoms with Crippen molar-refractivity contribution in [2.75, 3.05) is 193 Å². The van der Waals surface area contributed by atoms with Gasteiger partial charge in [0.2, 0.25) is 0 Å². The van der Waals surface area contributed by atoms with Gasteiger partial charge >= 0.3 is 11.9 Å². The molecule has 0 atom stereocenters. The maximum absolute atomic E-state index is 10.2. The van der Waals surface area contributed by atoms with Gasteiger partial charge in [-0.05, 0) is 219 Å². The van der Waals surface area contributed by atoms with Crippen molar-refractivity contribution < 1.29 is 29.3 Å². The smallest absolute Gasteiger partial charge is 0.329 e. The SMILES string of the molecule is CN(C)CCN(C)CCNCc1ccccn1.NCCCCCNCC(CN)CN.NCCCNCCNCc1ccccn1.NCCNCCNCc1ccccn1.NCCNc1ccccc1NCc1ccccn1.Nc1ccccc1NCCNCc1ccccn1.O=C(O)COCc1cccc(COCC(=O)O)n1.c1ccc(CNCc2cccc(Cc3ccccn3)n2)nc1. The molecule has 11 rings (SSSR count). The van der Waals surface area contributed by atoms with Crippen LogP contribution in [0.2, 0.25) is 0 Å². The van der Waals surface area contributed by atoms with Crippen LogP contribution in [0.25, 0.3) is 0 Å². The summed E-state index contributed by atoms with van der Waals surface area (Å²) in [5.41, 5.74) is 52.9. The topological polar surface area (TPSA) is 530 Å². The summed E-state index contributed by atoms with van der Waals surface area (Å²) < 4.78 is 9.76. The first-order valence-corrected chi connectivity index (χ1v) is 46.3. The molecule has 2 aromatic carbocycles. The van der Waals surface area contributed by atoms with E-state index >= 15 is 0 Å². The molecule has 0 radical (unpaired) electrons. The maximum atomic E-state index is 10.2. The van der Waals surface area contributed by atoms with Gasteiger partial charge in [0.25, 0.3) is 0 Å². The normalized spacial score (nSPS) is 10.5. The third kappa shape index (κ3) is 63.9. The number of ether oxygens (including phenoxy) is 2. The van der Waals surface area contributed by atoms with E-state index in [9.17, 15) is 9.59 Å². The number of carboxylic acids is 2. The highest BCUT2D eigenvalue weighted by Gasteiger charge is 2.09. The minimum absolute atomic E-state index is 0.0824. The number of pyridine rings is 9. The molecular weight excluding hydrogens is 1700 g/mol. The fourth-order valence-electron chi connectivity index (χ4n) is 11.7. The van der Waals surface area contributed by atoms with E-state index in [0.717, 1.165) is 244 Å². The number of nitrogens with zero attached hydrogens (tertiary/aromatic N) is 11. The number of nitrogens with two attached hydrogens (primary N) is 7. The Morgan fingerprint density at radius 3 is 1.13 bits per heavy atom. The maximum Gasteiger partial charge on any atom is 0.329 e. The van der Waals surface area contributed by atoms with Crippen molar-refractivity contribution in [2.24, 2.45) is 40.3 Å². The van der Waals surface area contributed by atoms with Crippen LogP contribution < -0.4 is 98.6 Å². The number of carboxylic acid groups (broad SMARTS) is 2. The fourth-order valence-corrected chi connectivity index (χ4v) is 11.7. The number of carbonyl (C=O) groups is 2. The van der Waals surface area contributed by atoms with Gasteiger partial charge in [-0.15, -0.1) is 0 Å². The summed E-state index contributed by atoms with van der Waals surface area (Å²) in [6.07, 6.45) is 18.0. The molecule has 0 bridgehead atoms. The highest BCUT2D eigenvalue weighted by Crippen LogP contribution is 2.21. The molecule has 0 amide bonds. The van der Waals surface area contributed by atoms with Gasteiger partial charge in [0.1, 0.15) is 13.2 Å². The minimum atomic E-state index is -1.05. The van der Waals surface area contributed by atoms with Gasteiger partial charge in [-0.1, -0.05) is 85.3 Å². The Bertz CT molecular complexity index is 4550.